The molecule has 3 rings (SSSR count). The Hall–Kier alpha value is -2.05. The summed E-state index contributed by atoms with van der Waals surface area (Å²) in [4.78, 5) is 22.6. The number of thiazole rings is 1. The number of amides is 1. The zero-order chi connectivity index (χ0) is 21.2. The Labute approximate surface area is 175 Å². The molecule has 2 aromatic rings. The molecule has 0 N–H and O–H groups in total. The molecular formula is C20H20F3N3OS2. The smallest absolute Gasteiger partial charge is 0.252 e. The molecule has 2 unspecified atom stereocenters. The highest BCUT2D eigenvalue weighted by atomic mass is 32.2. The molecule has 2 heterocycles. The lowest BCUT2D eigenvalue weighted by Crippen LogP contribution is -2.32. The molecule has 0 bridgehead atoms. The highest BCUT2D eigenvalue weighted by molar-refractivity contribution is 7.99. The van der Waals surface area contributed by atoms with Crippen LogP contribution in [0.25, 0.3) is 10.6 Å². The molecular weight excluding hydrogens is 419 g/mol. The fourth-order valence-corrected chi connectivity index (χ4v) is 5.05. The number of hydrogen-bond donors (Lipinski definition) is 0. The van der Waals surface area contributed by atoms with Crippen molar-refractivity contribution in [2.45, 2.75) is 37.9 Å². The first-order valence-electron chi connectivity index (χ1n) is 9.03. The van der Waals surface area contributed by atoms with Crippen molar-refractivity contribution < 1.29 is 18.0 Å². The van der Waals surface area contributed by atoms with Gasteiger partial charge >= 0.3 is 0 Å². The molecule has 29 heavy (non-hydrogen) atoms. The summed E-state index contributed by atoms with van der Waals surface area (Å²) in [5.41, 5.74) is 1.13. The van der Waals surface area contributed by atoms with Crippen LogP contribution in [0.1, 0.15) is 25.5 Å². The van der Waals surface area contributed by atoms with E-state index in [0.717, 1.165) is 6.20 Å². The molecule has 1 aliphatic carbocycles. The van der Waals surface area contributed by atoms with Gasteiger partial charge < -0.3 is 0 Å². The van der Waals surface area contributed by atoms with E-state index in [1.54, 1.807) is 6.92 Å². The van der Waals surface area contributed by atoms with Crippen LogP contribution in [0.4, 0.5) is 18.2 Å². The lowest BCUT2D eigenvalue weighted by atomic mass is 10.3. The highest BCUT2D eigenvalue weighted by Crippen LogP contribution is 2.50. The molecule has 0 aromatic carbocycles. The summed E-state index contributed by atoms with van der Waals surface area (Å²) in [6.45, 7) is 3.67. The fraction of sp³-hybridized carbons (Fsp3) is 0.450. The van der Waals surface area contributed by atoms with E-state index in [2.05, 4.69) is 15.9 Å². The number of pyridine rings is 1. The second-order valence-corrected chi connectivity index (χ2v) is 9.44. The van der Waals surface area contributed by atoms with Gasteiger partial charge in [-0.1, -0.05) is 24.2 Å². The minimum absolute atomic E-state index is 0.0678. The molecule has 1 fully saturated rings. The largest absolute Gasteiger partial charge is 0.290 e. The number of anilines is 1. The summed E-state index contributed by atoms with van der Waals surface area (Å²) >= 11 is 2.61. The molecule has 4 nitrogen and oxygen atoms in total. The molecule has 9 heteroatoms. The van der Waals surface area contributed by atoms with Crippen molar-refractivity contribution in [1.82, 2.24) is 9.97 Å². The zero-order valence-electron chi connectivity index (χ0n) is 16.0. The average Bonchev–Trinajstić information content (AvgIpc) is 3.09. The molecule has 0 radical (unpaired) electrons. The van der Waals surface area contributed by atoms with Crippen LogP contribution in [0.3, 0.4) is 0 Å². The number of alkyl halides is 2. The predicted molar refractivity (Wildman–Crippen MR) is 111 cm³/mol. The third-order valence-corrected chi connectivity index (χ3v) is 7.08. The van der Waals surface area contributed by atoms with Gasteiger partial charge in [-0.25, -0.2) is 18.2 Å². The molecule has 1 saturated carbocycles. The summed E-state index contributed by atoms with van der Waals surface area (Å²) in [5, 5.41) is 1.02. The molecule has 2 aromatic heterocycles. The number of hydrogen-bond acceptors (Lipinski definition) is 5. The molecule has 0 aliphatic heterocycles. The molecule has 2 atom stereocenters. The van der Waals surface area contributed by atoms with Crippen LogP contribution in [0.2, 0.25) is 0 Å². The normalized spacial score (nSPS) is 18.1. The second-order valence-electron chi connectivity index (χ2n) is 7.00. The quantitative estimate of drug-likeness (QED) is 0.555. The Morgan fingerprint density at radius 1 is 1.52 bits per heavy atom. The molecule has 1 aliphatic rings. The van der Waals surface area contributed by atoms with Crippen molar-refractivity contribution in [3.8, 4) is 22.9 Å². The molecule has 154 valence electrons. The molecule has 0 saturated heterocycles. The van der Waals surface area contributed by atoms with Crippen molar-refractivity contribution in [3.05, 3.63) is 30.0 Å². The molecule has 0 spiro atoms. The highest BCUT2D eigenvalue weighted by Gasteiger charge is 2.56. The van der Waals surface area contributed by atoms with Crippen molar-refractivity contribution >= 4 is 34.0 Å². The number of aromatic nitrogens is 2. The van der Waals surface area contributed by atoms with Crippen LogP contribution >= 0.6 is 23.1 Å². The Balaban J connectivity index is 1.70. The van der Waals surface area contributed by atoms with Gasteiger partial charge in [0.15, 0.2) is 0 Å². The van der Waals surface area contributed by atoms with E-state index >= 15 is 0 Å². The number of nitrogens with zero attached hydrogens (tertiary/aromatic N) is 3. The van der Waals surface area contributed by atoms with E-state index in [1.165, 1.54) is 40.3 Å². The van der Waals surface area contributed by atoms with E-state index in [-0.39, 0.29) is 30.5 Å². The monoisotopic (exact) mass is 439 g/mol. The van der Waals surface area contributed by atoms with Crippen LogP contribution in [-0.2, 0) is 4.79 Å². The van der Waals surface area contributed by atoms with Gasteiger partial charge in [0.25, 0.3) is 5.92 Å². The minimum atomic E-state index is -2.55. The first-order valence-corrected chi connectivity index (χ1v) is 10.9. The van der Waals surface area contributed by atoms with Gasteiger partial charge in [0.1, 0.15) is 15.8 Å². The number of rotatable bonds is 8. The third kappa shape index (κ3) is 5.31. The number of thioether (sulfide) groups is 1. The first-order chi connectivity index (χ1) is 13.7. The molecule has 1 amide bonds. The second kappa shape index (κ2) is 8.76. The van der Waals surface area contributed by atoms with Gasteiger partial charge in [-0.2, -0.15) is 11.8 Å². The van der Waals surface area contributed by atoms with Crippen LogP contribution in [0.15, 0.2) is 18.5 Å². The number of carbonyl (C=O) groups is 1. The lowest BCUT2D eigenvalue weighted by Gasteiger charge is -2.21. The van der Waals surface area contributed by atoms with E-state index in [4.69, 9.17) is 6.42 Å². The SMILES string of the molecule is C#CCN(C(=O)CC(C)SCC1CC1(F)F)c1sc(-c2cncc(F)c2)nc1C. The maximum atomic E-state index is 13.5. The van der Waals surface area contributed by atoms with Gasteiger partial charge in [-0.15, -0.1) is 6.42 Å². The Kier molecular flexibility index (Phi) is 6.54. The average molecular weight is 440 g/mol. The predicted octanol–water partition coefficient (Wildman–Crippen LogP) is 4.79. The van der Waals surface area contributed by atoms with Crippen LogP contribution < -0.4 is 4.90 Å². The number of terminal acetylenes is 1. The first kappa shape index (κ1) is 21.7. The fourth-order valence-electron chi connectivity index (χ4n) is 2.80. The Morgan fingerprint density at radius 3 is 2.86 bits per heavy atom. The van der Waals surface area contributed by atoms with Crippen molar-refractivity contribution in [2.24, 2.45) is 5.92 Å². The van der Waals surface area contributed by atoms with Gasteiger partial charge in [-0.3, -0.25) is 14.7 Å². The van der Waals surface area contributed by atoms with Crippen molar-refractivity contribution in [3.63, 3.8) is 0 Å². The van der Waals surface area contributed by atoms with Gasteiger partial charge in [0, 0.05) is 41.5 Å². The van der Waals surface area contributed by atoms with Gasteiger partial charge in [0.05, 0.1) is 18.4 Å². The van der Waals surface area contributed by atoms with Crippen molar-refractivity contribution in [2.75, 3.05) is 17.2 Å². The summed E-state index contributed by atoms with van der Waals surface area (Å²) in [5.74, 6) is -0.975. The maximum absolute atomic E-state index is 13.5. The van der Waals surface area contributed by atoms with Gasteiger partial charge in [-0.05, 0) is 13.0 Å². The summed E-state index contributed by atoms with van der Waals surface area (Å²) < 4.78 is 39.5. The van der Waals surface area contributed by atoms with E-state index in [1.807, 2.05) is 6.92 Å². The number of halogens is 3. The van der Waals surface area contributed by atoms with E-state index < -0.39 is 17.7 Å². The summed E-state index contributed by atoms with van der Waals surface area (Å²) in [6, 6.07) is 1.33. The Bertz CT molecular complexity index is 941. The van der Waals surface area contributed by atoms with Crippen molar-refractivity contribution in [1.29, 1.82) is 0 Å². The van der Waals surface area contributed by atoms with Gasteiger partial charge in [0.2, 0.25) is 5.91 Å². The summed E-state index contributed by atoms with van der Waals surface area (Å²) in [7, 11) is 0. The van der Waals surface area contributed by atoms with Crippen LogP contribution in [-0.4, -0.2) is 39.3 Å². The van der Waals surface area contributed by atoms with Crippen LogP contribution in [0, 0.1) is 31.0 Å². The van der Waals surface area contributed by atoms with E-state index in [0.29, 0.717) is 27.0 Å². The topological polar surface area (TPSA) is 46.1 Å². The zero-order valence-corrected chi connectivity index (χ0v) is 17.6. The van der Waals surface area contributed by atoms with Crippen LogP contribution in [0.5, 0.6) is 0 Å². The minimum Gasteiger partial charge on any atom is -0.290 e. The number of aryl methyl sites for hydroxylation is 1. The lowest BCUT2D eigenvalue weighted by molar-refractivity contribution is -0.118. The number of carbonyl (C=O) groups excluding carboxylic acids is 1. The summed E-state index contributed by atoms with van der Waals surface area (Å²) in [6.07, 6.45) is 8.18. The van der Waals surface area contributed by atoms with E-state index in [9.17, 15) is 18.0 Å². The maximum Gasteiger partial charge on any atom is 0.252 e. The third-order valence-electron chi connectivity index (χ3n) is 4.52. The Morgan fingerprint density at radius 2 is 2.24 bits per heavy atom. The standard InChI is InChI=1S/C20H20F3N3OS2/c1-4-5-26(17(27)6-12(2)28-11-15-8-20(15,22)23)19-13(3)25-18(29-19)14-7-16(21)10-24-9-14/h1,7,9-10,12,15H,5-6,8,11H2,2-3H3.